The lowest BCUT2D eigenvalue weighted by atomic mass is 10.2. The molecular weight excluding hydrogens is 176 g/mol. The van der Waals surface area contributed by atoms with Crippen LogP contribution < -0.4 is 0 Å². The first-order valence-corrected chi connectivity index (χ1v) is 4.92. The van der Waals surface area contributed by atoms with E-state index in [-0.39, 0.29) is 6.61 Å². The Labute approximate surface area is 75.4 Å². The number of aliphatic hydroxyl groups excluding tert-OH is 1. The van der Waals surface area contributed by atoms with Gasteiger partial charge in [-0.25, -0.2) is 0 Å². The van der Waals surface area contributed by atoms with E-state index in [1.807, 2.05) is 6.92 Å². The number of nitrogens with zero attached hydrogens (tertiary/aromatic N) is 2. The van der Waals surface area contributed by atoms with Gasteiger partial charge in [0.2, 0.25) is 5.89 Å². The number of aliphatic hydroxyl groups is 1. The van der Waals surface area contributed by atoms with Crippen LogP contribution in [-0.2, 0) is 5.75 Å². The smallest absolute Gasteiger partial charge is 0.236 e. The lowest BCUT2D eigenvalue weighted by Gasteiger charge is -2.04. The Bertz CT molecular complexity index is 203. The summed E-state index contributed by atoms with van der Waals surface area (Å²) in [6.07, 6.45) is 1.39. The first kappa shape index (κ1) is 9.54. The summed E-state index contributed by atoms with van der Waals surface area (Å²) in [6.45, 7) is 2.23. The van der Waals surface area contributed by atoms with Crippen molar-refractivity contribution in [1.82, 2.24) is 10.1 Å². The quantitative estimate of drug-likeness (QED) is 0.745. The molecule has 1 aromatic heterocycles. The maximum absolute atomic E-state index is 8.73. The summed E-state index contributed by atoms with van der Waals surface area (Å²) in [5, 5.41) is 12.2. The van der Waals surface area contributed by atoms with Crippen LogP contribution in [0.1, 0.15) is 12.8 Å². The average Bonchev–Trinajstić information content (AvgIpc) is 2.57. The number of hydrogen-bond donors (Lipinski definition) is 1. The zero-order valence-electron chi connectivity index (χ0n) is 6.93. The van der Waals surface area contributed by atoms with Crippen molar-refractivity contribution in [3.8, 4) is 0 Å². The van der Waals surface area contributed by atoms with Gasteiger partial charge in [-0.2, -0.15) is 16.7 Å². The summed E-state index contributed by atoms with van der Waals surface area (Å²) < 4.78 is 4.80. The number of rotatable bonds is 5. The van der Waals surface area contributed by atoms with Crippen LogP contribution in [0.25, 0.3) is 0 Å². The lowest BCUT2D eigenvalue weighted by molar-refractivity contribution is 0.250. The Kier molecular flexibility index (Phi) is 4.10. The fraction of sp³-hybridized carbons (Fsp3) is 0.714. The van der Waals surface area contributed by atoms with E-state index >= 15 is 0 Å². The van der Waals surface area contributed by atoms with Crippen molar-refractivity contribution in [2.45, 2.75) is 12.7 Å². The molecule has 0 saturated carbocycles. The van der Waals surface area contributed by atoms with Crippen LogP contribution in [0.15, 0.2) is 10.9 Å². The van der Waals surface area contributed by atoms with Gasteiger partial charge in [-0.3, -0.25) is 0 Å². The molecule has 1 aromatic rings. The molecule has 0 aliphatic carbocycles. The Morgan fingerprint density at radius 3 is 3.17 bits per heavy atom. The van der Waals surface area contributed by atoms with Crippen LogP contribution >= 0.6 is 11.8 Å². The number of hydrogen-bond acceptors (Lipinski definition) is 5. The average molecular weight is 188 g/mol. The monoisotopic (exact) mass is 188 g/mol. The molecule has 1 heterocycles. The molecule has 4 nitrogen and oxygen atoms in total. The highest BCUT2D eigenvalue weighted by Gasteiger charge is 2.02. The van der Waals surface area contributed by atoms with Crippen LogP contribution in [-0.4, -0.2) is 27.6 Å². The van der Waals surface area contributed by atoms with E-state index in [0.717, 1.165) is 11.5 Å². The van der Waals surface area contributed by atoms with Gasteiger partial charge in [-0.1, -0.05) is 12.1 Å². The molecule has 0 aliphatic rings. The molecule has 1 unspecified atom stereocenters. The summed E-state index contributed by atoms with van der Waals surface area (Å²) in [5.41, 5.74) is 0. The molecule has 1 atom stereocenters. The highest BCUT2D eigenvalue weighted by molar-refractivity contribution is 7.98. The predicted molar refractivity (Wildman–Crippen MR) is 46.7 cm³/mol. The second kappa shape index (κ2) is 5.16. The Morgan fingerprint density at radius 1 is 1.75 bits per heavy atom. The summed E-state index contributed by atoms with van der Waals surface area (Å²) in [7, 11) is 0. The molecule has 12 heavy (non-hydrogen) atoms. The SMILES string of the molecule is CC(CO)CSCc1ncno1. The van der Waals surface area contributed by atoms with E-state index in [1.54, 1.807) is 11.8 Å². The van der Waals surface area contributed by atoms with E-state index < -0.39 is 0 Å². The lowest BCUT2D eigenvalue weighted by Crippen LogP contribution is -2.03. The van der Waals surface area contributed by atoms with E-state index in [9.17, 15) is 0 Å². The van der Waals surface area contributed by atoms with Crippen molar-refractivity contribution in [2.75, 3.05) is 12.4 Å². The fourth-order valence-corrected chi connectivity index (χ4v) is 1.59. The van der Waals surface area contributed by atoms with Gasteiger partial charge in [0.05, 0.1) is 5.75 Å². The molecule has 0 aromatic carbocycles. The van der Waals surface area contributed by atoms with Gasteiger partial charge in [-0.05, 0) is 11.7 Å². The second-order valence-corrected chi connectivity index (χ2v) is 3.67. The molecule has 0 spiro atoms. The highest BCUT2D eigenvalue weighted by Crippen LogP contribution is 2.12. The predicted octanol–water partition coefficient (Wildman–Crippen LogP) is 0.931. The molecule has 0 fully saturated rings. The Morgan fingerprint density at radius 2 is 2.58 bits per heavy atom. The topological polar surface area (TPSA) is 59.2 Å². The molecule has 0 saturated heterocycles. The van der Waals surface area contributed by atoms with Crippen molar-refractivity contribution in [3.05, 3.63) is 12.2 Å². The molecule has 0 amide bonds. The van der Waals surface area contributed by atoms with E-state index in [4.69, 9.17) is 9.63 Å². The summed E-state index contributed by atoms with van der Waals surface area (Å²) in [5.74, 6) is 2.62. The van der Waals surface area contributed by atoms with Crippen LogP contribution in [0.5, 0.6) is 0 Å². The van der Waals surface area contributed by atoms with Crippen molar-refractivity contribution in [2.24, 2.45) is 5.92 Å². The third kappa shape index (κ3) is 3.23. The van der Waals surface area contributed by atoms with Gasteiger partial charge in [0.25, 0.3) is 0 Å². The first-order chi connectivity index (χ1) is 5.83. The maximum Gasteiger partial charge on any atom is 0.236 e. The van der Waals surface area contributed by atoms with E-state index in [1.165, 1.54) is 6.33 Å². The highest BCUT2D eigenvalue weighted by atomic mass is 32.2. The Balaban J connectivity index is 2.11. The molecule has 0 aliphatic heterocycles. The van der Waals surface area contributed by atoms with Crippen molar-refractivity contribution < 1.29 is 9.63 Å². The molecule has 1 rings (SSSR count). The third-order valence-corrected chi connectivity index (χ3v) is 2.60. The molecule has 1 N–H and O–H groups in total. The van der Waals surface area contributed by atoms with Crippen molar-refractivity contribution >= 4 is 11.8 Å². The van der Waals surface area contributed by atoms with Crippen LogP contribution in [0.2, 0.25) is 0 Å². The second-order valence-electron chi connectivity index (χ2n) is 2.64. The van der Waals surface area contributed by atoms with Gasteiger partial charge >= 0.3 is 0 Å². The summed E-state index contributed by atoms with van der Waals surface area (Å²) in [4.78, 5) is 3.88. The zero-order chi connectivity index (χ0) is 8.81. The fourth-order valence-electron chi connectivity index (χ4n) is 0.660. The van der Waals surface area contributed by atoms with Gasteiger partial charge in [0, 0.05) is 6.61 Å². The zero-order valence-corrected chi connectivity index (χ0v) is 7.75. The minimum atomic E-state index is 0.233. The van der Waals surface area contributed by atoms with Crippen LogP contribution in [0.3, 0.4) is 0 Å². The minimum Gasteiger partial charge on any atom is -0.396 e. The summed E-state index contributed by atoms with van der Waals surface area (Å²) in [6, 6.07) is 0. The number of thioether (sulfide) groups is 1. The van der Waals surface area contributed by atoms with Gasteiger partial charge in [0.15, 0.2) is 6.33 Å². The normalized spacial score (nSPS) is 13.2. The van der Waals surface area contributed by atoms with Gasteiger partial charge < -0.3 is 9.63 Å². The van der Waals surface area contributed by atoms with Crippen molar-refractivity contribution in [1.29, 1.82) is 0 Å². The molecule has 68 valence electrons. The van der Waals surface area contributed by atoms with Gasteiger partial charge in [0.1, 0.15) is 0 Å². The molecule has 5 heteroatoms. The van der Waals surface area contributed by atoms with E-state index in [0.29, 0.717) is 11.8 Å². The molecular formula is C7H12N2O2S. The molecule has 0 bridgehead atoms. The first-order valence-electron chi connectivity index (χ1n) is 3.77. The van der Waals surface area contributed by atoms with Crippen LogP contribution in [0, 0.1) is 5.92 Å². The summed E-state index contributed by atoms with van der Waals surface area (Å²) >= 11 is 1.69. The maximum atomic E-state index is 8.73. The van der Waals surface area contributed by atoms with Crippen molar-refractivity contribution in [3.63, 3.8) is 0 Å². The van der Waals surface area contributed by atoms with Gasteiger partial charge in [-0.15, -0.1) is 0 Å². The standard InChI is InChI=1S/C7H12N2O2S/c1-6(2-10)3-12-4-7-8-5-9-11-7/h5-6,10H,2-4H2,1H3. The Hall–Kier alpha value is -0.550. The minimum absolute atomic E-state index is 0.233. The number of aromatic nitrogens is 2. The molecule has 0 radical (unpaired) electrons. The van der Waals surface area contributed by atoms with E-state index in [2.05, 4.69) is 10.1 Å². The van der Waals surface area contributed by atoms with Crippen LogP contribution in [0.4, 0.5) is 0 Å². The third-order valence-electron chi connectivity index (χ3n) is 1.35. The largest absolute Gasteiger partial charge is 0.396 e.